The van der Waals surface area contributed by atoms with Crippen LogP contribution in [0.4, 0.5) is 4.39 Å². The van der Waals surface area contributed by atoms with E-state index in [0.29, 0.717) is 5.56 Å². The first-order valence-electron chi connectivity index (χ1n) is 6.49. The Hall–Kier alpha value is -1.64. The monoisotopic (exact) mass is 265 g/mol. The van der Waals surface area contributed by atoms with E-state index in [-0.39, 0.29) is 11.0 Å². The van der Waals surface area contributed by atoms with Gasteiger partial charge in [0.15, 0.2) is 0 Å². The Bertz CT molecular complexity index is 459. The summed E-state index contributed by atoms with van der Waals surface area (Å²) < 4.78 is 14.0. The highest BCUT2D eigenvalue weighted by molar-refractivity contribution is 5.97. The molecule has 0 aromatic heterocycles. The smallest absolute Gasteiger partial charge is 0.254 e. The number of carbonyl (C=O) groups excluding carboxylic acids is 1. The van der Waals surface area contributed by atoms with Gasteiger partial charge >= 0.3 is 0 Å². The molecule has 1 N–H and O–H groups in total. The summed E-state index contributed by atoms with van der Waals surface area (Å²) in [5.74, 6) is -0.940. The summed E-state index contributed by atoms with van der Waals surface area (Å²) in [6, 6.07) is 3.22. The quantitative estimate of drug-likeness (QED) is 0.855. The number of halogens is 1. The van der Waals surface area contributed by atoms with E-state index in [0.717, 1.165) is 5.56 Å². The van der Waals surface area contributed by atoms with Crippen LogP contribution in [0.5, 0.6) is 0 Å². The summed E-state index contributed by atoms with van der Waals surface area (Å²) in [5.41, 5.74) is 1.25. The van der Waals surface area contributed by atoms with Crippen LogP contribution in [0.15, 0.2) is 18.7 Å². The Labute approximate surface area is 115 Å². The molecule has 0 aliphatic heterocycles. The Kier molecular flexibility index (Phi) is 6.46. The molecule has 1 rings (SSSR count). The fourth-order valence-corrected chi connectivity index (χ4v) is 1.59. The predicted molar refractivity (Wildman–Crippen MR) is 79.9 cm³/mol. The van der Waals surface area contributed by atoms with Gasteiger partial charge in [-0.1, -0.05) is 53.3 Å². The van der Waals surface area contributed by atoms with Gasteiger partial charge in [-0.3, -0.25) is 4.79 Å². The van der Waals surface area contributed by atoms with E-state index in [1.54, 1.807) is 6.07 Å². The van der Waals surface area contributed by atoms with Crippen LogP contribution >= 0.6 is 0 Å². The average Bonchev–Trinajstić information content (AvgIpc) is 2.38. The lowest BCUT2D eigenvalue weighted by molar-refractivity contribution is 0.0959. The largest absolute Gasteiger partial charge is 0.355 e. The van der Waals surface area contributed by atoms with Crippen molar-refractivity contribution in [3.05, 3.63) is 41.2 Å². The van der Waals surface area contributed by atoms with Crippen molar-refractivity contribution in [2.75, 3.05) is 7.05 Å². The minimum Gasteiger partial charge on any atom is -0.355 e. The van der Waals surface area contributed by atoms with Gasteiger partial charge in [0, 0.05) is 7.05 Å². The van der Waals surface area contributed by atoms with E-state index in [2.05, 4.69) is 11.9 Å². The molecule has 0 saturated heterocycles. The lowest BCUT2D eigenvalue weighted by atomic mass is 9.85. The second-order valence-corrected chi connectivity index (χ2v) is 4.96. The minimum atomic E-state index is -0.508. The predicted octanol–water partition coefficient (Wildman–Crippen LogP) is 4.15. The highest BCUT2D eigenvalue weighted by atomic mass is 19.1. The van der Waals surface area contributed by atoms with Crippen molar-refractivity contribution in [2.45, 2.75) is 40.0 Å². The molecule has 0 aliphatic carbocycles. The van der Waals surface area contributed by atoms with Gasteiger partial charge in [-0.05, 0) is 22.6 Å². The summed E-state index contributed by atoms with van der Waals surface area (Å²) >= 11 is 0. The number of benzene rings is 1. The molecule has 1 amide bonds. The van der Waals surface area contributed by atoms with Crippen LogP contribution in [-0.4, -0.2) is 13.0 Å². The van der Waals surface area contributed by atoms with Crippen molar-refractivity contribution in [1.29, 1.82) is 0 Å². The maximum atomic E-state index is 14.0. The van der Waals surface area contributed by atoms with E-state index in [1.165, 1.54) is 19.2 Å². The van der Waals surface area contributed by atoms with Gasteiger partial charge in [0.25, 0.3) is 5.91 Å². The number of nitrogens with one attached hydrogen (secondary N) is 1. The van der Waals surface area contributed by atoms with Crippen molar-refractivity contribution < 1.29 is 9.18 Å². The van der Waals surface area contributed by atoms with Gasteiger partial charge < -0.3 is 5.32 Å². The second kappa shape index (κ2) is 7.07. The molecule has 0 heterocycles. The molecule has 3 heteroatoms. The number of amides is 1. The van der Waals surface area contributed by atoms with Gasteiger partial charge in [0.1, 0.15) is 5.82 Å². The molecule has 0 fully saturated rings. The zero-order valence-electron chi connectivity index (χ0n) is 12.7. The molecule has 0 spiro atoms. The number of rotatable bonds is 2. The highest BCUT2D eigenvalue weighted by Gasteiger charge is 2.20. The van der Waals surface area contributed by atoms with Crippen LogP contribution in [0.1, 0.15) is 56.1 Å². The van der Waals surface area contributed by atoms with Crippen molar-refractivity contribution >= 4 is 12.0 Å². The summed E-state index contributed by atoms with van der Waals surface area (Å²) in [6.07, 6.45) is 1.50. The van der Waals surface area contributed by atoms with Crippen LogP contribution in [-0.2, 0) is 5.41 Å². The second-order valence-electron chi connectivity index (χ2n) is 4.96. The van der Waals surface area contributed by atoms with Crippen LogP contribution < -0.4 is 5.32 Å². The minimum absolute atomic E-state index is 0.0514. The number of carbonyl (C=O) groups is 1. The average molecular weight is 265 g/mol. The Morgan fingerprint density at radius 2 is 1.84 bits per heavy atom. The summed E-state index contributed by atoms with van der Waals surface area (Å²) in [4.78, 5) is 11.6. The molecule has 0 unspecified atom stereocenters. The van der Waals surface area contributed by atoms with Crippen molar-refractivity contribution in [3.8, 4) is 0 Å². The Morgan fingerprint density at radius 1 is 1.32 bits per heavy atom. The molecular formula is C16H24FNO. The molecule has 2 nitrogen and oxygen atoms in total. The Balaban J connectivity index is 0.00000154. The SMILES string of the molecule is C=Cc1cc(C(C)(C)C)cc(F)c1C(=O)NC.CC. The topological polar surface area (TPSA) is 29.1 Å². The standard InChI is InChI=1S/C14H18FNO.C2H6/c1-6-9-7-10(14(2,3)4)8-11(15)12(9)13(17)16-5;1-2/h6-8H,1H2,2-5H3,(H,16,17);1-2H3. The molecule has 0 aliphatic rings. The summed E-state index contributed by atoms with van der Waals surface area (Å²) in [5, 5.41) is 2.43. The molecule has 106 valence electrons. The molecule has 0 saturated carbocycles. The zero-order chi connectivity index (χ0) is 15.2. The first-order valence-corrected chi connectivity index (χ1v) is 6.49. The highest BCUT2D eigenvalue weighted by Crippen LogP contribution is 2.27. The van der Waals surface area contributed by atoms with Crippen LogP contribution in [0.3, 0.4) is 0 Å². The number of hydrogen-bond acceptors (Lipinski definition) is 1. The normalized spacial score (nSPS) is 10.3. The molecule has 0 bridgehead atoms. The van der Waals surface area contributed by atoms with Gasteiger partial charge in [0.2, 0.25) is 0 Å². The molecular weight excluding hydrogens is 241 g/mol. The van der Waals surface area contributed by atoms with Gasteiger partial charge in [0.05, 0.1) is 5.56 Å². The van der Waals surface area contributed by atoms with E-state index < -0.39 is 11.7 Å². The van der Waals surface area contributed by atoms with Crippen molar-refractivity contribution in [2.24, 2.45) is 0 Å². The van der Waals surface area contributed by atoms with Crippen LogP contribution in [0, 0.1) is 5.82 Å². The Morgan fingerprint density at radius 3 is 2.21 bits per heavy atom. The van der Waals surface area contributed by atoms with E-state index in [9.17, 15) is 9.18 Å². The van der Waals surface area contributed by atoms with Gasteiger partial charge in [-0.2, -0.15) is 0 Å². The van der Waals surface area contributed by atoms with Gasteiger partial charge in [-0.15, -0.1) is 0 Å². The fraction of sp³-hybridized carbons (Fsp3) is 0.438. The van der Waals surface area contributed by atoms with E-state index >= 15 is 0 Å². The maximum Gasteiger partial charge on any atom is 0.254 e. The summed E-state index contributed by atoms with van der Waals surface area (Å²) in [7, 11) is 1.48. The zero-order valence-corrected chi connectivity index (χ0v) is 12.7. The third-order valence-corrected chi connectivity index (χ3v) is 2.66. The maximum absolute atomic E-state index is 14.0. The first-order chi connectivity index (χ1) is 8.81. The lowest BCUT2D eigenvalue weighted by Crippen LogP contribution is -2.22. The van der Waals surface area contributed by atoms with Crippen LogP contribution in [0.25, 0.3) is 6.08 Å². The third kappa shape index (κ3) is 4.19. The first kappa shape index (κ1) is 17.4. The van der Waals surface area contributed by atoms with E-state index in [1.807, 2.05) is 34.6 Å². The number of hydrogen-bond donors (Lipinski definition) is 1. The van der Waals surface area contributed by atoms with E-state index in [4.69, 9.17) is 0 Å². The van der Waals surface area contributed by atoms with Crippen molar-refractivity contribution in [1.82, 2.24) is 5.32 Å². The third-order valence-electron chi connectivity index (χ3n) is 2.66. The molecule has 0 radical (unpaired) electrons. The lowest BCUT2D eigenvalue weighted by Gasteiger charge is -2.21. The molecule has 1 aromatic rings. The van der Waals surface area contributed by atoms with Gasteiger partial charge in [-0.25, -0.2) is 4.39 Å². The summed E-state index contributed by atoms with van der Waals surface area (Å²) in [6.45, 7) is 13.6. The fourth-order valence-electron chi connectivity index (χ4n) is 1.59. The van der Waals surface area contributed by atoms with Crippen LogP contribution in [0.2, 0.25) is 0 Å². The van der Waals surface area contributed by atoms with Crippen molar-refractivity contribution in [3.63, 3.8) is 0 Å². The molecule has 19 heavy (non-hydrogen) atoms. The molecule has 1 aromatic carbocycles. The molecule has 0 atom stereocenters.